The van der Waals surface area contributed by atoms with E-state index < -0.39 is 28.3 Å². The predicted molar refractivity (Wildman–Crippen MR) is 117 cm³/mol. The van der Waals surface area contributed by atoms with Crippen molar-refractivity contribution in [1.29, 1.82) is 0 Å². The molecule has 0 aliphatic carbocycles. The number of aryl methyl sites for hydroxylation is 1. The van der Waals surface area contributed by atoms with Gasteiger partial charge in [0.05, 0.1) is 17.7 Å². The molecule has 0 unspecified atom stereocenters. The van der Waals surface area contributed by atoms with Crippen molar-refractivity contribution in [3.8, 4) is 0 Å². The highest BCUT2D eigenvalue weighted by atomic mass is 32.2. The summed E-state index contributed by atoms with van der Waals surface area (Å²) in [5, 5.41) is 3.91. The van der Waals surface area contributed by atoms with Gasteiger partial charge in [-0.2, -0.15) is 9.41 Å². The van der Waals surface area contributed by atoms with Gasteiger partial charge in [0.15, 0.2) is 0 Å². The molecule has 6 nitrogen and oxygen atoms in total. The fourth-order valence-electron chi connectivity index (χ4n) is 2.89. The van der Waals surface area contributed by atoms with Crippen LogP contribution in [-0.2, 0) is 21.4 Å². The van der Waals surface area contributed by atoms with Gasteiger partial charge in [0.1, 0.15) is 5.82 Å². The molecule has 0 spiro atoms. The maximum absolute atomic E-state index is 13.2. The lowest BCUT2D eigenvalue weighted by Crippen LogP contribution is -2.39. The highest BCUT2D eigenvalue weighted by Crippen LogP contribution is 2.18. The Bertz CT molecular complexity index is 1160. The maximum Gasteiger partial charge on any atom is 0.255 e. The van der Waals surface area contributed by atoms with E-state index in [-0.39, 0.29) is 11.4 Å². The Kier molecular flexibility index (Phi) is 7.28. The highest BCUT2D eigenvalue weighted by molar-refractivity contribution is 7.89. The Morgan fingerprint density at radius 2 is 1.74 bits per heavy atom. The molecule has 0 fully saturated rings. The van der Waals surface area contributed by atoms with Gasteiger partial charge in [-0.1, -0.05) is 60.2 Å². The molecule has 3 rings (SSSR count). The molecule has 0 saturated heterocycles. The third-order valence-electron chi connectivity index (χ3n) is 4.42. The molecule has 8 heteroatoms. The molecule has 0 radical (unpaired) electrons. The van der Waals surface area contributed by atoms with Crippen LogP contribution in [0.4, 0.5) is 4.39 Å². The van der Waals surface area contributed by atoms with E-state index in [1.807, 2.05) is 31.2 Å². The van der Waals surface area contributed by atoms with Crippen LogP contribution in [0.3, 0.4) is 0 Å². The number of rotatable bonds is 8. The molecule has 0 bridgehead atoms. The molecule has 1 N–H and O–H groups in total. The number of hydrogen-bond acceptors (Lipinski definition) is 4. The second-order valence-electron chi connectivity index (χ2n) is 6.92. The lowest BCUT2D eigenvalue weighted by Gasteiger charge is -2.21. The van der Waals surface area contributed by atoms with Gasteiger partial charge in [-0.3, -0.25) is 4.79 Å². The summed E-state index contributed by atoms with van der Waals surface area (Å²) < 4.78 is 40.5. The lowest BCUT2D eigenvalue weighted by molar-refractivity contribution is -0.121. The molecule has 0 atom stereocenters. The highest BCUT2D eigenvalue weighted by Gasteiger charge is 2.26. The molecule has 3 aromatic rings. The Hall–Kier alpha value is -3.36. The largest absolute Gasteiger partial charge is 0.272 e. The Labute approximate surface area is 181 Å². The van der Waals surface area contributed by atoms with E-state index in [4.69, 9.17) is 0 Å². The number of benzene rings is 3. The number of sulfonamides is 1. The first-order valence-corrected chi connectivity index (χ1v) is 11.0. The van der Waals surface area contributed by atoms with Gasteiger partial charge in [0, 0.05) is 6.54 Å². The number of amides is 1. The zero-order valence-electron chi connectivity index (χ0n) is 16.9. The van der Waals surface area contributed by atoms with E-state index in [0.29, 0.717) is 5.56 Å². The van der Waals surface area contributed by atoms with Crippen LogP contribution in [0.1, 0.15) is 16.7 Å². The number of halogens is 1. The molecule has 31 heavy (non-hydrogen) atoms. The van der Waals surface area contributed by atoms with Gasteiger partial charge in [-0.15, -0.1) is 0 Å². The second-order valence-corrected chi connectivity index (χ2v) is 8.86. The first kappa shape index (κ1) is 22.3. The SMILES string of the molecule is Cc1cccc(C=NNC(=O)CN(Cc2ccc(F)cc2)S(=O)(=O)c2ccccc2)c1. The summed E-state index contributed by atoms with van der Waals surface area (Å²) in [7, 11) is -3.96. The van der Waals surface area contributed by atoms with Gasteiger partial charge < -0.3 is 0 Å². The second kappa shape index (κ2) is 10.1. The Morgan fingerprint density at radius 1 is 1.03 bits per heavy atom. The van der Waals surface area contributed by atoms with Gasteiger partial charge in [-0.25, -0.2) is 18.2 Å². The molecular weight excluding hydrogens is 417 g/mol. The van der Waals surface area contributed by atoms with E-state index in [1.165, 1.54) is 42.6 Å². The summed E-state index contributed by atoms with van der Waals surface area (Å²) in [5.74, 6) is -1.02. The van der Waals surface area contributed by atoms with Crippen LogP contribution >= 0.6 is 0 Å². The summed E-state index contributed by atoms with van der Waals surface area (Å²) in [4.78, 5) is 12.5. The first-order chi connectivity index (χ1) is 14.8. The average Bonchev–Trinajstić information content (AvgIpc) is 2.75. The summed E-state index contributed by atoms with van der Waals surface area (Å²) in [5.41, 5.74) is 4.77. The van der Waals surface area contributed by atoms with Crippen molar-refractivity contribution in [2.75, 3.05) is 6.54 Å². The Morgan fingerprint density at radius 3 is 2.42 bits per heavy atom. The van der Waals surface area contributed by atoms with Crippen LogP contribution in [-0.4, -0.2) is 31.4 Å². The van der Waals surface area contributed by atoms with E-state index in [9.17, 15) is 17.6 Å². The number of hydrogen-bond donors (Lipinski definition) is 1. The fraction of sp³-hybridized carbons (Fsp3) is 0.130. The van der Waals surface area contributed by atoms with E-state index in [1.54, 1.807) is 18.2 Å². The normalized spacial score (nSPS) is 11.7. The van der Waals surface area contributed by atoms with Crippen molar-refractivity contribution in [3.05, 3.63) is 101 Å². The Balaban J connectivity index is 1.77. The van der Waals surface area contributed by atoms with Crippen LogP contribution in [0, 0.1) is 12.7 Å². The van der Waals surface area contributed by atoms with Crippen molar-refractivity contribution >= 4 is 22.1 Å². The summed E-state index contributed by atoms with van der Waals surface area (Å²) in [6.07, 6.45) is 1.49. The molecule has 3 aromatic carbocycles. The quantitative estimate of drug-likeness (QED) is 0.431. The van der Waals surface area contributed by atoms with Gasteiger partial charge >= 0.3 is 0 Å². The van der Waals surface area contributed by atoms with Crippen LogP contribution in [0.15, 0.2) is 88.9 Å². The summed E-state index contributed by atoms with van der Waals surface area (Å²) in [6.45, 7) is 1.41. The van der Waals surface area contributed by atoms with Crippen molar-refractivity contribution in [2.45, 2.75) is 18.4 Å². The first-order valence-electron chi connectivity index (χ1n) is 9.53. The molecular formula is C23H22FN3O3S. The van der Waals surface area contributed by atoms with E-state index in [2.05, 4.69) is 10.5 Å². The van der Waals surface area contributed by atoms with Crippen molar-refractivity contribution in [2.24, 2.45) is 5.10 Å². The lowest BCUT2D eigenvalue weighted by atomic mass is 10.2. The minimum absolute atomic E-state index is 0.0631. The molecule has 160 valence electrons. The smallest absolute Gasteiger partial charge is 0.255 e. The zero-order chi connectivity index (χ0) is 22.3. The van der Waals surface area contributed by atoms with Gasteiger partial charge in [-0.05, 0) is 42.3 Å². The number of carbonyl (C=O) groups excluding carboxylic acids is 1. The molecule has 0 aliphatic heterocycles. The third kappa shape index (κ3) is 6.31. The van der Waals surface area contributed by atoms with Crippen LogP contribution in [0.2, 0.25) is 0 Å². The average molecular weight is 440 g/mol. The topological polar surface area (TPSA) is 78.8 Å². The third-order valence-corrected chi connectivity index (χ3v) is 6.22. The van der Waals surface area contributed by atoms with Crippen LogP contribution in [0.5, 0.6) is 0 Å². The van der Waals surface area contributed by atoms with Crippen molar-refractivity contribution in [3.63, 3.8) is 0 Å². The molecule has 0 heterocycles. The number of hydrazone groups is 1. The minimum atomic E-state index is -3.96. The van der Waals surface area contributed by atoms with Crippen LogP contribution < -0.4 is 5.43 Å². The standard InChI is InChI=1S/C23H22FN3O3S/c1-18-6-5-7-20(14-18)15-25-26-23(28)17-27(16-19-10-12-21(24)13-11-19)31(29,30)22-8-3-2-4-9-22/h2-15H,16-17H2,1H3,(H,26,28). The number of carbonyl (C=O) groups is 1. The molecule has 1 amide bonds. The van der Waals surface area contributed by atoms with E-state index >= 15 is 0 Å². The van der Waals surface area contributed by atoms with Gasteiger partial charge in [0.25, 0.3) is 5.91 Å². The summed E-state index contributed by atoms with van der Waals surface area (Å²) in [6, 6.07) is 20.8. The van der Waals surface area contributed by atoms with E-state index in [0.717, 1.165) is 15.4 Å². The summed E-state index contributed by atoms with van der Waals surface area (Å²) >= 11 is 0. The number of nitrogens with one attached hydrogen (secondary N) is 1. The van der Waals surface area contributed by atoms with Gasteiger partial charge in [0.2, 0.25) is 10.0 Å². The monoisotopic (exact) mass is 439 g/mol. The van der Waals surface area contributed by atoms with Crippen molar-refractivity contribution in [1.82, 2.24) is 9.73 Å². The molecule has 0 saturated carbocycles. The number of nitrogens with zero attached hydrogens (tertiary/aromatic N) is 2. The molecule has 0 aliphatic rings. The fourth-order valence-corrected chi connectivity index (χ4v) is 4.29. The predicted octanol–water partition coefficient (Wildman–Crippen LogP) is 3.48. The molecule has 0 aromatic heterocycles. The maximum atomic E-state index is 13.2. The van der Waals surface area contributed by atoms with Crippen LogP contribution in [0.25, 0.3) is 0 Å². The minimum Gasteiger partial charge on any atom is -0.272 e. The van der Waals surface area contributed by atoms with Crippen molar-refractivity contribution < 1.29 is 17.6 Å². The zero-order valence-corrected chi connectivity index (χ0v) is 17.7.